The van der Waals surface area contributed by atoms with Gasteiger partial charge in [0.05, 0.1) is 19.3 Å². The van der Waals surface area contributed by atoms with Crippen LogP contribution >= 0.6 is 0 Å². The lowest BCUT2D eigenvalue weighted by Crippen LogP contribution is -2.50. The molecule has 1 aromatic rings. The number of likely N-dealkylation sites (tertiary alicyclic amines) is 1. The molecular weight excluding hydrogens is 320 g/mol. The Bertz CT molecular complexity index is 539. The van der Waals surface area contributed by atoms with Crippen molar-refractivity contribution < 1.29 is 19.0 Å². The number of hydrogen-bond donors (Lipinski definition) is 0. The first kappa shape index (κ1) is 18.2. The second-order valence-electron chi connectivity index (χ2n) is 6.69. The Labute approximate surface area is 149 Å². The van der Waals surface area contributed by atoms with E-state index in [0.717, 1.165) is 45.0 Å². The first-order valence-electron chi connectivity index (χ1n) is 9.05. The molecule has 0 radical (unpaired) electrons. The Morgan fingerprint density at radius 2 is 2.08 bits per heavy atom. The molecule has 2 fully saturated rings. The van der Waals surface area contributed by atoms with E-state index in [0.29, 0.717) is 19.1 Å². The molecule has 2 saturated heterocycles. The van der Waals surface area contributed by atoms with Crippen LogP contribution in [0.5, 0.6) is 5.75 Å². The first-order valence-corrected chi connectivity index (χ1v) is 9.05. The number of fused-ring (bicyclic) bond motifs is 1. The van der Waals surface area contributed by atoms with Gasteiger partial charge in [-0.2, -0.15) is 0 Å². The van der Waals surface area contributed by atoms with E-state index in [1.165, 1.54) is 0 Å². The van der Waals surface area contributed by atoms with E-state index in [1.54, 1.807) is 7.11 Å². The van der Waals surface area contributed by atoms with Crippen molar-refractivity contribution in [2.24, 2.45) is 5.92 Å². The van der Waals surface area contributed by atoms with Crippen molar-refractivity contribution in [2.45, 2.75) is 12.5 Å². The van der Waals surface area contributed by atoms with Gasteiger partial charge in [0.15, 0.2) is 6.61 Å². The third-order valence-electron chi connectivity index (χ3n) is 5.00. The van der Waals surface area contributed by atoms with E-state index < -0.39 is 0 Å². The fraction of sp³-hybridized carbons (Fsp3) is 0.632. The molecule has 0 unspecified atom stereocenters. The monoisotopic (exact) mass is 348 g/mol. The van der Waals surface area contributed by atoms with Crippen LogP contribution in [0.25, 0.3) is 0 Å². The van der Waals surface area contributed by atoms with E-state index in [-0.39, 0.29) is 18.6 Å². The van der Waals surface area contributed by atoms with Crippen molar-refractivity contribution in [1.82, 2.24) is 9.80 Å². The van der Waals surface area contributed by atoms with Crippen LogP contribution in [-0.2, 0) is 14.3 Å². The van der Waals surface area contributed by atoms with Crippen LogP contribution in [-0.4, -0.2) is 81.5 Å². The molecule has 0 spiro atoms. The number of carbonyl (C=O) groups excluding carboxylic acids is 1. The van der Waals surface area contributed by atoms with Gasteiger partial charge in [-0.3, -0.25) is 9.69 Å². The fourth-order valence-electron chi connectivity index (χ4n) is 3.52. The maximum atomic E-state index is 12.5. The summed E-state index contributed by atoms with van der Waals surface area (Å²) >= 11 is 0. The lowest BCUT2D eigenvalue weighted by molar-refractivity contribution is -0.139. The normalized spacial score (nSPS) is 24.4. The molecule has 2 heterocycles. The summed E-state index contributed by atoms with van der Waals surface area (Å²) in [4.78, 5) is 16.7. The van der Waals surface area contributed by atoms with Crippen molar-refractivity contribution in [1.29, 1.82) is 0 Å². The molecule has 0 bridgehead atoms. The van der Waals surface area contributed by atoms with Crippen LogP contribution in [0.15, 0.2) is 30.3 Å². The van der Waals surface area contributed by atoms with Crippen LogP contribution in [0, 0.1) is 5.92 Å². The SMILES string of the molecule is COCCN1CCO[C@@H]2CN(C(=O)COc3ccccc3)CC[C@@H]2C1. The summed E-state index contributed by atoms with van der Waals surface area (Å²) in [5.74, 6) is 1.25. The molecule has 6 nitrogen and oxygen atoms in total. The molecule has 3 rings (SSSR count). The molecular formula is C19H28N2O4. The second-order valence-corrected chi connectivity index (χ2v) is 6.69. The van der Waals surface area contributed by atoms with Gasteiger partial charge in [-0.25, -0.2) is 0 Å². The summed E-state index contributed by atoms with van der Waals surface area (Å²) in [6.07, 6.45) is 1.10. The highest BCUT2D eigenvalue weighted by Crippen LogP contribution is 2.24. The highest BCUT2D eigenvalue weighted by molar-refractivity contribution is 5.77. The second kappa shape index (κ2) is 9.17. The van der Waals surface area contributed by atoms with Gasteiger partial charge < -0.3 is 19.1 Å². The maximum Gasteiger partial charge on any atom is 0.260 e. The maximum absolute atomic E-state index is 12.5. The van der Waals surface area contributed by atoms with Gasteiger partial charge in [0.25, 0.3) is 5.91 Å². The Kier molecular flexibility index (Phi) is 6.67. The van der Waals surface area contributed by atoms with E-state index in [1.807, 2.05) is 35.2 Å². The zero-order chi connectivity index (χ0) is 17.5. The average Bonchev–Trinajstić information content (AvgIpc) is 2.86. The number of rotatable bonds is 6. The van der Waals surface area contributed by atoms with Gasteiger partial charge in [0.1, 0.15) is 5.75 Å². The molecule has 25 heavy (non-hydrogen) atoms. The Morgan fingerprint density at radius 1 is 1.24 bits per heavy atom. The predicted molar refractivity (Wildman–Crippen MR) is 94.7 cm³/mol. The molecule has 2 aliphatic rings. The zero-order valence-electron chi connectivity index (χ0n) is 14.9. The summed E-state index contributed by atoms with van der Waals surface area (Å²) in [5, 5.41) is 0. The number of ether oxygens (including phenoxy) is 3. The number of para-hydroxylation sites is 1. The molecule has 0 aliphatic carbocycles. The molecule has 0 N–H and O–H groups in total. The number of amides is 1. The molecule has 2 aliphatic heterocycles. The quantitative estimate of drug-likeness (QED) is 0.775. The Balaban J connectivity index is 1.48. The van der Waals surface area contributed by atoms with Crippen molar-refractivity contribution in [2.75, 3.05) is 59.7 Å². The third kappa shape index (κ3) is 5.17. The Morgan fingerprint density at radius 3 is 2.88 bits per heavy atom. The molecule has 2 atom stereocenters. The summed E-state index contributed by atoms with van der Waals surface area (Å²) in [5.41, 5.74) is 0. The number of nitrogens with zero attached hydrogens (tertiary/aromatic N) is 2. The van der Waals surface area contributed by atoms with Gasteiger partial charge in [-0.1, -0.05) is 18.2 Å². The summed E-state index contributed by atoms with van der Waals surface area (Å²) < 4.78 is 16.8. The predicted octanol–water partition coefficient (Wildman–Crippen LogP) is 1.26. The van der Waals surface area contributed by atoms with E-state index >= 15 is 0 Å². The smallest absolute Gasteiger partial charge is 0.260 e. The van der Waals surface area contributed by atoms with Crippen molar-refractivity contribution in [3.8, 4) is 5.75 Å². The van der Waals surface area contributed by atoms with E-state index in [4.69, 9.17) is 14.2 Å². The highest BCUT2D eigenvalue weighted by atomic mass is 16.5. The van der Waals surface area contributed by atoms with Gasteiger partial charge in [0, 0.05) is 45.8 Å². The van der Waals surface area contributed by atoms with Crippen LogP contribution in [0.1, 0.15) is 6.42 Å². The van der Waals surface area contributed by atoms with Crippen molar-refractivity contribution >= 4 is 5.91 Å². The average molecular weight is 348 g/mol. The van der Waals surface area contributed by atoms with E-state index in [2.05, 4.69) is 4.90 Å². The minimum atomic E-state index is 0.0337. The van der Waals surface area contributed by atoms with Gasteiger partial charge >= 0.3 is 0 Å². The zero-order valence-corrected chi connectivity index (χ0v) is 14.9. The first-order chi connectivity index (χ1) is 12.3. The fourth-order valence-corrected chi connectivity index (χ4v) is 3.52. The van der Waals surface area contributed by atoms with E-state index in [9.17, 15) is 4.79 Å². The third-order valence-corrected chi connectivity index (χ3v) is 5.00. The standard InChI is InChI=1S/C19H28N2O4/c1-23-11-9-20-10-12-24-18-14-21(8-7-16(18)13-20)19(22)15-25-17-5-3-2-4-6-17/h2-6,16,18H,7-15H2,1H3/t16-,18-/m1/s1. The summed E-state index contributed by atoms with van der Waals surface area (Å²) in [6, 6.07) is 9.46. The number of methoxy groups -OCH3 is 1. The lowest BCUT2D eigenvalue weighted by Gasteiger charge is -2.38. The molecule has 0 aromatic heterocycles. The minimum Gasteiger partial charge on any atom is -0.484 e. The number of benzene rings is 1. The largest absolute Gasteiger partial charge is 0.484 e. The highest BCUT2D eigenvalue weighted by Gasteiger charge is 2.34. The van der Waals surface area contributed by atoms with Crippen LogP contribution in [0.3, 0.4) is 0 Å². The number of hydrogen-bond acceptors (Lipinski definition) is 5. The van der Waals surface area contributed by atoms with Gasteiger partial charge in [-0.05, 0) is 18.6 Å². The molecule has 1 aromatic carbocycles. The topological polar surface area (TPSA) is 51.2 Å². The number of piperidine rings is 1. The molecule has 1 amide bonds. The Hall–Kier alpha value is -1.63. The van der Waals surface area contributed by atoms with Crippen LogP contribution in [0.2, 0.25) is 0 Å². The summed E-state index contributed by atoms with van der Waals surface area (Å²) in [6.45, 7) is 5.89. The molecule has 6 heteroatoms. The lowest BCUT2D eigenvalue weighted by atomic mass is 9.93. The molecule has 138 valence electrons. The molecule has 0 saturated carbocycles. The number of carbonyl (C=O) groups is 1. The van der Waals surface area contributed by atoms with Crippen molar-refractivity contribution in [3.05, 3.63) is 30.3 Å². The van der Waals surface area contributed by atoms with Crippen molar-refractivity contribution in [3.63, 3.8) is 0 Å². The van der Waals surface area contributed by atoms with Crippen LogP contribution < -0.4 is 4.74 Å². The minimum absolute atomic E-state index is 0.0337. The summed E-state index contributed by atoms with van der Waals surface area (Å²) in [7, 11) is 1.73. The van der Waals surface area contributed by atoms with Gasteiger partial charge in [0.2, 0.25) is 0 Å². The van der Waals surface area contributed by atoms with Gasteiger partial charge in [-0.15, -0.1) is 0 Å². The van der Waals surface area contributed by atoms with Crippen LogP contribution in [0.4, 0.5) is 0 Å².